The summed E-state index contributed by atoms with van der Waals surface area (Å²) in [4.78, 5) is 14.8. The average molecular weight is 237 g/mol. The fourth-order valence-corrected chi connectivity index (χ4v) is 3.02. The van der Waals surface area contributed by atoms with Gasteiger partial charge in [0.05, 0.1) is 0 Å². The Morgan fingerprint density at radius 1 is 1.29 bits per heavy atom. The molecule has 2 nitrogen and oxygen atoms in total. The van der Waals surface area contributed by atoms with Crippen molar-refractivity contribution < 1.29 is 4.79 Å². The lowest BCUT2D eigenvalue weighted by Crippen LogP contribution is -2.35. The minimum atomic E-state index is -0.0509. The van der Waals surface area contributed by atoms with Crippen LogP contribution in [-0.4, -0.2) is 29.8 Å². The molecule has 0 spiro atoms. The predicted molar refractivity (Wildman–Crippen MR) is 71.0 cm³/mol. The van der Waals surface area contributed by atoms with Gasteiger partial charge in [-0.1, -0.05) is 27.2 Å². The second-order valence-electron chi connectivity index (χ2n) is 6.56. The summed E-state index contributed by atoms with van der Waals surface area (Å²) in [6.07, 6.45) is 7.44. The predicted octanol–water partition coefficient (Wildman–Crippen LogP) is 3.26. The van der Waals surface area contributed by atoms with Crippen molar-refractivity contribution in [1.29, 1.82) is 0 Å². The van der Waals surface area contributed by atoms with Gasteiger partial charge in [-0.15, -0.1) is 0 Å². The molecule has 2 fully saturated rings. The standard InChI is InChI=1S/C15H27NO/c1-4-5-10-16(13-6-7-13)11-12-8-9-15(2,3)14(12)17/h12-13H,4-11H2,1-3H3. The van der Waals surface area contributed by atoms with E-state index in [2.05, 4.69) is 25.7 Å². The second kappa shape index (κ2) is 5.09. The first-order valence-corrected chi connectivity index (χ1v) is 7.33. The van der Waals surface area contributed by atoms with E-state index in [-0.39, 0.29) is 5.41 Å². The van der Waals surface area contributed by atoms with Crippen LogP contribution in [0.2, 0.25) is 0 Å². The number of carbonyl (C=O) groups is 1. The van der Waals surface area contributed by atoms with Crippen LogP contribution in [0.15, 0.2) is 0 Å². The maximum Gasteiger partial charge on any atom is 0.142 e. The van der Waals surface area contributed by atoms with E-state index < -0.39 is 0 Å². The van der Waals surface area contributed by atoms with Crippen LogP contribution in [0.3, 0.4) is 0 Å². The zero-order valence-electron chi connectivity index (χ0n) is 11.7. The summed E-state index contributed by atoms with van der Waals surface area (Å²) < 4.78 is 0. The molecular weight excluding hydrogens is 210 g/mol. The summed E-state index contributed by atoms with van der Waals surface area (Å²) >= 11 is 0. The van der Waals surface area contributed by atoms with Crippen LogP contribution < -0.4 is 0 Å². The summed E-state index contributed by atoms with van der Waals surface area (Å²) in [7, 11) is 0. The van der Waals surface area contributed by atoms with E-state index in [1.807, 2.05) is 0 Å². The van der Waals surface area contributed by atoms with Gasteiger partial charge in [-0.25, -0.2) is 0 Å². The highest BCUT2D eigenvalue weighted by atomic mass is 16.1. The number of nitrogens with zero attached hydrogens (tertiary/aromatic N) is 1. The zero-order valence-corrected chi connectivity index (χ0v) is 11.7. The van der Waals surface area contributed by atoms with Gasteiger partial charge in [0.15, 0.2) is 0 Å². The number of ketones is 1. The molecule has 0 aliphatic heterocycles. The van der Waals surface area contributed by atoms with Crippen LogP contribution in [0.25, 0.3) is 0 Å². The molecule has 0 aromatic rings. The molecule has 2 aliphatic rings. The molecule has 98 valence electrons. The Balaban J connectivity index is 1.88. The first-order valence-electron chi connectivity index (χ1n) is 7.33. The van der Waals surface area contributed by atoms with Crippen molar-refractivity contribution in [3.63, 3.8) is 0 Å². The molecule has 0 amide bonds. The quantitative estimate of drug-likeness (QED) is 0.707. The van der Waals surface area contributed by atoms with Gasteiger partial charge in [-0.05, 0) is 38.6 Å². The molecule has 0 saturated heterocycles. The summed E-state index contributed by atoms with van der Waals surface area (Å²) in [5, 5.41) is 0. The normalized spacial score (nSPS) is 28.0. The molecule has 0 heterocycles. The number of hydrogen-bond donors (Lipinski definition) is 0. The molecule has 1 unspecified atom stereocenters. The van der Waals surface area contributed by atoms with Gasteiger partial charge in [0, 0.05) is 23.9 Å². The summed E-state index contributed by atoms with van der Waals surface area (Å²) in [5.41, 5.74) is -0.0509. The Hall–Kier alpha value is -0.370. The van der Waals surface area contributed by atoms with Crippen LogP contribution >= 0.6 is 0 Å². The van der Waals surface area contributed by atoms with E-state index in [1.165, 1.54) is 32.2 Å². The molecular formula is C15H27NO. The maximum atomic E-state index is 12.3. The van der Waals surface area contributed by atoms with Gasteiger partial charge in [0.25, 0.3) is 0 Å². The van der Waals surface area contributed by atoms with E-state index in [9.17, 15) is 4.79 Å². The Labute approximate surface area is 106 Å². The van der Waals surface area contributed by atoms with Crippen molar-refractivity contribution in [2.45, 2.75) is 65.3 Å². The van der Waals surface area contributed by atoms with Gasteiger partial charge in [-0.3, -0.25) is 9.69 Å². The van der Waals surface area contributed by atoms with E-state index in [0.717, 1.165) is 25.4 Å². The largest absolute Gasteiger partial charge is 0.300 e. The summed E-state index contributed by atoms with van der Waals surface area (Å²) in [6, 6.07) is 0.804. The van der Waals surface area contributed by atoms with Gasteiger partial charge in [0.1, 0.15) is 5.78 Å². The van der Waals surface area contributed by atoms with Crippen molar-refractivity contribution in [1.82, 2.24) is 4.90 Å². The molecule has 0 aromatic heterocycles. The van der Waals surface area contributed by atoms with E-state index in [4.69, 9.17) is 0 Å². The van der Waals surface area contributed by atoms with Crippen LogP contribution in [-0.2, 0) is 4.79 Å². The van der Waals surface area contributed by atoms with Crippen molar-refractivity contribution in [3.05, 3.63) is 0 Å². The van der Waals surface area contributed by atoms with Gasteiger partial charge < -0.3 is 0 Å². The molecule has 0 aromatic carbocycles. The number of Topliss-reactive ketones (excluding diaryl/α,β-unsaturated/α-hetero) is 1. The first-order chi connectivity index (χ1) is 8.04. The maximum absolute atomic E-state index is 12.3. The van der Waals surface area contributed by atoms with Crippen LogP contribution in [0, 0.1) is 11.3 Å². The summed E-state index contributed by atoms with van der Waals surface area (Å²) in [6.45, 7) is 8.71. The monoisotopic (exact) mass is 237 g/mol. The number of unbranched alkanes of at least 4 members (excludes halogenated alkanes) is 1. The Bertz CT molecular complexity index is 281. The van der Waals surface area contributed by atoms with Crippen LogP contribution in [0.4, 0.5) is 0 Å². The Kier molecular flexibility index (Phi) is 3.92. The van der Waals surface area contributed by atoms with E-state index in [1.54, 1.807) is 0 Å². The SMILES string of the molecule is CCCCN(CC1CCC(C)(C)C1=O)C1CC1. The molecule has 2 aliphatic carbocycles. The molecule has 2 rings (SSSR count). The third kappa shape index (κ3) is 3.09. The number of hydrogen-bond acceptors (Lipinski definition) is 2. The average Bonchev–Trinajstić information content (AvgIpc) is 3.08. The Morgan fingerprint density at radius 2 is 2.00 bits per heavy atom. The molecule has 2 heteroatoms. The number of carbonyl (C=O) groups excluding carboxylic acids is 1. The molecule has 17 heavy (non-hydrogen) atoms. The van der Waals surface area contributed by atoms with Gasteiger partial charge >= 0.3 is 0 Å². The fraction of sp³-hybridized carbons (Fsp3) is 0.933. The lowest BCUT2D eigenvalue weighted by atomic mass is 9.89. The fourth-order valence-electron chi connectivity index (χ4n) is 3.02. The van der Waals surface area contributed by atoms with Crippen molar-refractivity contribution >= 4 is 5.78 Å². The first kappa shape index (κ1) is 13.1. The van der Waals surface area contributed by atoms with Crippen LogP contribution in [0.1, 0.15) is 59.3 Å². The highest BCUT2D eigenvalue weighted by Crippen LogP contribution is 2.39. The van der Waals surface area contributed by atoms with Crippen molar-refractivity contribution in [2.75, 3.05) is 13.1 Å². The molecule has 0 N–H and O–H groups in total. The topological polar surface area (TPSA) is 20.3 Å². The van der Waals surface area contributed by atoms with Gasteiger partial charge in [0.2, 0.25) is 0 Å². The summed E-state index contributed by atoms with van der Waals surface area (Å²) in [5.74, 6) is 0.835. The minimum absolute atomic E-state index is 0.0509. The van der Waals surface area contributed by atoms with Crippen molar-refractivity contribution in [3.8, 4) is 0 Å². The zero-order chi connectivity index (χ0) is 12.5. The molecule has 2 saturated carbocycles. The molecule has 0 radical (unpaired) electrons. The highest BCUT2D eigenvalue weighted by Gasteiger charge is 2.42. The van der Waals surface area contributed by atoms with E-state index >= 15 is 0 Å². The number of rotatable bonds is 6. The highest BCUT2D eigenvalue weighted by molar-refractivity contribution is 5.88. The minimum Gasteiger partial charge on any atom is -0.300 e. The van der Waals surface area contributed by atoms with Crippen molar-refractivity contribution in [2.24, 2.45) is 11.3 Å². The van der Waals surface area contributed by atoms with E-state index in [0.29, 0.717) is 11.7 Å². The third-order valence-electron chi connectivity index (χ3n) is 4.47. The third-order valence-corrected chi connectivity index (χ3v) is 4.47. The second-order valence-corrected chi connectivity index (χ2v) is 6.56. The smallest absolute Gasteiger partial charge is 0.142 e. The molecule has 1 atom stereocenters. The lowest BCUT2D eigenvalue weighted by Gasteiger charge is -2.25. The van der Waals surface area contributed by atoms with Gasteiger partial charge in [-0.2, -0.15) is 0 Å². The molecule has 0 bridgehead atoms. The van der Waals surface area contributed by atoms with Crippen LogP contribution in [0.5, 0.6) is 0 Å². The lowest BCUT2D eigenvalue weighted by molar-refractivity contribution is -0.128. The Morgan fingerprint density at radius 3 is 2.47 bits per heavy atom.